The Morgan fingerprint density at radius 3 is 2.62 bits per heavy atom. The molecule has 5 heteroatoms. The Hall–Kier alpha value is -0.420. The first kappa shape index (κ1) is 13.6. The van der Waals surface area contributed by atoms with Gasteiger partial charge < -0.3 is 0 Å². The van der Waals surface area contributed by atoms with Crippen LogP contribution in [0.1, 0.15) is 33.1 Å². The molecular formula is C11H21NO3S. The van der Waals surface area contributed by atoms with Crippen molar-refractivity contribution in [2.24, 2.45) is 0 Å². The highest BCUT2D eigenvalue weighted by Crippen LogP contribution is 2.17. The highest BCUT2D eigenvalue weighted by atomic mass is 32.2. The van der Waals surface area contributed by atoms with Crippen LogP contribution in [0.5, 0.6) is 0 Å². The van der Waals surface area contributed by atoms with Crippen molar-refractivity contribution in [3.8, 4) is 0 Å². The van der Waals surface area contributed by atoms with Crippen molar-refractivity contribution >= 4 is 15.6 Å². The monoisotopic (exact) mass is 247 g/mol. The fourth-order valence-corrected chi connectivity index (χ4v) is 2.92. The average molecular weight is 247 g/mol. The Morgan fingerprint density at radius 1 is 1.38 bits per heavy atom. The smallest absolute Gasteiger partial charge is 0.151 e. The summed E-state index contributed by atoms with van der Waals surface area (Å²) in [5.41, 5.74) is 0. The van der Waals surface area contributed by atoms with Gasteiger partial charge in [-0.2, -0.15) is 0 Å². The van der Waals surface area contributed by atoms with Gasteiger partial charge in [-0.25, -0.2) is 8.42 Å². The molecule has 1 rings (SSSR count). The van der Waals surface area contributed by atoms with Crippen LogP contribution in [0.25, 0.3) is 0 Å². The van der Waals surface area contributed by atoms with Crippen LogP contribution in [0.4, 0.5) is 0 Å². The number of Topliss-reactive ketones (excluding diaryl/α,β-unsaturated/α-hetero) is 1. The van der Waals surface area contributed by atoms with Gasteiger partial charge in [-0.15, -0.1) is 0 Å². The molecule has 0 aromatic carbocycles. The summed E-state index contributed by atoms with van der Waals surface area (Å²) < 4.78 is 22.8. The minimum atomic E-state index is -2.92. The maximum absolute atomic E-state index is 11.4. The number of nitrogens with zero attached hydrogens (tertiary/aromatic N) is 1. The molecule has 4 nitrogen and oxygen atoms in total. The van der Waals surface area contributed by atoms with Crippen molar-refractivity contribution < 1.29 is 13.2 Å². The van der Waals surface area contributed by atoms with Gasteiger partial charge in [0.15, 0.2) is 9.84 Å². The van der Waals surface area contributed by atoms with E-state index in [1.54, 1.807) is 13.8 Å². The van der Waals surface area contributed by atoms with Crippen molar-refractivity contribution in [3.63, 3.8) is 0 Å². The molecule has 94 valence electrons. The molecule has 0 N–H and O–H groups in total. The first-order valence-electron chi connectivity index (χ1n) is 5.91. The number of hydrogen-bond donors (Lipinski definition) is 0. The van der Waals surface area contributed by atoms with Gasteiger partial charge in [-0.3, -0.25) is 9.69 Å². The second-order valence-corrected chi connectivity index (χ2v) is 6.87. The number of carbonyl (C=O) groups excluding carboxylic acids is 1. The Bertz CT molecular complexity index is 337. The maximum Gasteiger partial charge on any atom is 0.151 e. The van der Waals surface area contributed by atoms with Crippen LogP contribution in [0.3, 0.4) is 0 Å². The van der Waals surface area contributed by atoms with Crippen LogP contribution in [0, 0.1) is 0 Å². The summed E-state index contributed by atoms with van der Waals surface area (Å²) in [6.45, 7) is 4.61. The summed E-state index contributed by atoms with van der Waals surface area (Å²) in [6, 6.07) is -0.0548. The topological polar surface area (TPSA) is 54.5 Å². The lowest BCUT2D eigenvalue weighted by Crippen LogP contribution is -2.45. The van der Waals surface area contributed by atoms with E-state index in [0.29, 0.717) is 6.54 Å². The third-order valence-electron chi connectivity index (χ3n) is 3.21. The molecule has 1 heterocycles. The average Bonchev–Trinajstić information content (AvgIpc) is 2.27. The van der Waals surface area contributed by atoms with Gasteiger partial charge in [0.05, 0.1) is 11.8 Å². The van der Waals surface area contributed by atoms with Gasteiger partial charge >= 0.3 is 0 Å². The molecule has 0 spiro atoms. The summed E-state index contributed by atoms with van der Waals surface area (Å²) in [6.07, 6.45) is 3.01. The van der Waals surface area contributed by atoms with E-state index >= 15 is 0 Å². The predicted molar refractivity (Wildman–Crippen MR) is 64.2 cm³/mol. The second-order valence-electron chi connectivity index (χ2n) is 4.39. The first-order chi connectivity index (χ1) is 7.46. The zero-order valence-corrected chi connectivity index (χ0v) is 10.9. The molecule has 0 amide bonds. The third kappa shape index (κ3) is 3.87. The first-order valence-corrected chi connectivity index (χ1v) is 7.73. The van der Waals surface area contributed by atoms with Crippen LogP contribution in [-0.2, 0) is 14.6 Å². The van der Waals surface area contributed by atoms with E-state index in [2.05, 4.69) is 0 Å². The van der Waals surface area contributed by atoms with Crippen LogP contribution < -0.4 is 0 Å². The van der Waals surface area contributed by atoms with Crippen molar-refractivity contribution in [3.05, 3.63) is 0 Å². The summed E-state index contributed by atoms with van der Waals surface area (Å²) in [4.78, 5) is 13.4. The molecule has 1 unspecified atom stereocenters. The van der Waals surface area contributed by atoms with Crippen LogP contribution in [0.2, 0.25) is 0 Å². The van der Waals surface area contributed by atoms with Crippen molar-refractivity contribution in [1.29, 1.82) is 0 Å². The Labute approximate surface area is 97.9 Å². The van der Waals surface area contributed by atoms with E-state index in [1.807, 2.05) is 4.90 Å². The van der Waals surface area contributed by atoms with Crippen LogP contribution in [0.15, 0.2) is 0 Å². The second kappa shape index (κ2) is 5.77. The predicted octanol–water partition coefficient (Wildman–Crippen LogP) is 0.865. The lowest BCUT2D eigenvalue weighted by Gasteiger charge is -2.33. The van der Waals surface area contributed by atoms with Gasteiger partial charge in [-0.1, -0.05) is 13.3 Å². The molecular weight excluding hydrogens is 226 g/mol. The zero-order chi connectivity index (χ0) is 12.2. The SMILES string of the molecule is CCS(=O)(=O)CCN1CCCCC1C(C)=O. The van der Waals surface area contributed by atoms with Gasteiger partial charge in [0.1, 0.15) is 5.78 Å². The standard InChI is InChI=1S/C11H21NO3S/c1-3-16(14,15)9-8-12-7-5-4-6-11(12)10(2)13/h11H,3-9H2,1-2H3. The molecule has 16 heavy (non-hydrogen) atoms. The van der Waals surface area contributed by atoms with Gasteiger partial charge in [0.25, 0.3) is 0 Å². The normalized spacial score (nSPS) is 23.2. The van der Waals surface area contributed by atoms with E-state index in [9.17, 15) is 13.2 Å². The molecule has 0 bridgehead atoms. The molecule has 0 aromatic rings. The van der Waals surface area contributed by atoms with Crippen molar-refractivity contribution in [2.75, 3.05) is 24.6 Å². The fourth-order valence-electron chi connectivity index (χ4n) is 2.12. The van der Waals surface area contributed by atoms with Crippen molar-refractivity contribution in [2.45, 2.75) is 39.2 Å². The lowest BCUT2D eigenvalue weighted by atomic mass is 9.99. The fraction of sp³-hybridized carbons (Fsp3) is 0.909. The summed E-state index contributed by atoms with van der Waals surface area (Å²) >= 11 is 0. The van der Waals surface area contributed by atoms with Gasteiger partial charge in [0, 0.05) is 12.3 Å². The number of rotatable bonds is 5. The number of likely N-dealkylation sites (tertiary alicyclic amines) is 1. The molecule has 1 atom stereocenters. The zero-order valence-electron chi connectivity index (χ0n) is 10.1. The molecule has 1 saturated heterocycles. The molecule has 0 radical (unpaired) electrons. The molecule has 1 aliphatic rings. The van der Waals surface area contributed by atoms with Gasteiger partial charge in [-0.05, 0) is 26.3 Å². The Morgan fingerprint density at radius 2 is 2.06 bits per heavy atom. The Balaban J connectivity index is 2.54. The van der Waals surface area contributed by atoms with Crippen LogP contribution in [-0.4, -0.2) is 49.7 Å². The highest BCUT2D eigenvalue weighted by Gasteiger charge is 2.26. The van der Waals surface area contributed by atoms with E-state index in [4.69, 9.17) is 0 Å². The highest BCUT2D eigenvalue weighted by molar-refractivity contribution is 7.91. The largest absolute Gasteiger partial charge is 0.298 e. The van der Waals surface area contributed by atoms with E-state index in [1.165, 1.54) is 0 Å². The van der Waals surface area contributed by atoms with E-state index in [0.717, 1.165) is 25.8 Å². The van der Waals surface area contributed by atoms with Crippen molar-refractivity contribution in [1.82, 2.24) is 4.90 Å². The number of hydrogen-bond acceptors (Lipinski definition) is 4. The minimum absolute atomic E-state index is 0.0548. The molecule has 0 aliphatic carbocycles. The minimum Gasteiger partial charge on any atom is -0.298 e. The van der Waals surface area contributed by atoms with Gasteiger partial charge in [0.2, 0.25) is 0 Å². The Kier molecular flexibility index (Phi) is 4.92. The molecule has 0 aromatic heterocycles. The summed E-state index contributed by atoms with van der Waals surface area (Å²) in [5.74, 6) is 0.521. The lowest BCUT2D eigenvalue weighted by molar-refractivity contribution is -0.123. The summed E-state index contributed by atoms with van der Waals surface area (Å²) in [7, 11) is -2.92. The number of ketones is 1. The van der Waals surface area contributed by atoms with E-state index < -0.39 is 9.84 Å². The maximum atomic E-state index is 11.4. The molecule has 1 fully saturated rings. The summed E-state index contributed by atoms with van der Waals surface area (Å²) in [5, 5.41) is 0. The third-order valence-corrected chi connectivity index (χ3v) is 4.90. The number of sulfone groups is 1. The van der Waals surface area contributed by atoms with E-state index in [-0.39, 0.29) is 23.3 Å². The number of carbonyl (C=O) groups is 1. The molecule has 1 aliphatic heterocycles. The van der Waals surface area contributed by atoms with Crippen LogP contribution >= 0.6 is 0 Å². The number of piperidine rings is 1. The quantitative estimate of drug-likeness (QED) is 0.723. The molecule has 0 saturated carbocycles.